The van der Waals surface area contributed by atoms with Gasteiger partial charge in [0, 0.05) is 38.0 Å². The number of likely N-dealkylation sites (N-methyl/N-ethyl adjacent to an activating group) is 1. The van der Waals surface area contributed by atoms with Gasteiger partial charge in [-0.3, -0.25) is 0 Å². The summed E-state index contributed by atoms with van der Waals surface area (Å²) in [6.07, 6.45) is 4.35. The van der Waals surface area contributed by atoms with Crippen molar-refractivity contribution >= 4 is 11.6 Å². The van der Waals surface area contributed by atoms with Crippen molar-refractivity contribution in [3.63, 3.8) is 0 Å². The van der Waals surface area contributed by atoms with E-state index in [-0.39, 0.29) is 6.54 Å². The molecule has 0 aliphatic heterocycles. The molecule has 2 N–H and O–H groups in total. The van der Waals surface area contributed by atoms with Gasteiger partial charge in [-0.15, -0.1) is 0 Å². The van der Waals surface area contributed by atoms with Gasteiger partial charge < -0.3 is 15.2 Å². The van der Waals surface area contributed by atoms with E-state index in [0.29, 0.717) is 5.82 Å². The minimum Gasteiger partial charge on any atom is -0.365 e. The number of hydrogen-bond donors (Lipinski definition) is 2. The molecule has 0 unspecified atom stereocenters. The number of nitrogens with zero attached hydrogens (tertiary/aromatic N) is 4. The number of anilines is 2. The molecule has 98 valence electrons. The SMILES string of the molecule is CN(CCc1ccc[nH]1)c1cc(NCC#N)ncn1. The second-order valence-corrected chi connectivity index (χ2v) is 4.14. The Morgan fingerprint density at radius 3 is 3.11 bits per heavy atom. The van der Waals surface area contributed by atoms with Crippen LogP contribution in [-0.2, 0) is 6.42 Å². The number of nitrogens with one attached hydrogen (secondary N) is 2. The molecule has 19 heavy (non-hydrogen) atoms. The lowest BCUT2D eigenvalue weighted by Crippen LogP contribution is -2.21. The third-order valence-corrected chi connectivity index (χ3v) is 2.77. The highest BCUT2D eigenvalue weighted by Gasteiger charge is 2.05. The zero-order valence-electron chi connectivity index (χ0n) is 10.8. The number of aromatic nitrogens is 3. The van der Waals surface area contributed by atoms with Gasteiger partial charge in [-0.1, -0.05) is 0 Å². The van der Waals surface area contributed by atoms with Crippen LogP contribution in [0.2, 0.25) is 0 Å². The maximum atomic E-state index is 8.53. The Morgan fingerprint density at radius 2 is 2.37 bits per heavy atom. The Morgan fingerprint density at radius 1 is 1.47 bits per heavy atom. The summed E-state index contributed by atoms with van der Waals surface area (Å²) in [5.41, 5.74) is 1.20. The van der Waals surface area contributed by atoms with Crippen LogP contribution < -0.4 is 10.2 Å². The Labute approximate surface area is 112 Å². The van der Waals surface area contributed by atoms with Crippen LogP contribution in [-0.4, -0.2) is 35.1 Å². The summed E-state index contributed by atoms with van der Waals surface area (Å²) in [5, 5.41) is 11.4. The van der Waals surface area contributed by atoms with Crippen LogP contribution in [0.1, 0.15) is 5.69 Å². The molecule has 6 heteroatoms. The van der Waals surface area contributed by atoms with Crippen molar-refractivity contribution in [2.45, 2.75) is 6.42 Å². The standard InChI is InChI=1S/C13H16N6/c1-19(8-4-11-3-2-6-15-11)13-9-12(16-7-5-14)17-10-18-13/h2-3,6,9-10,15H,4,7-8H2,1H3,(H,16,17,18). The predicted molar refractivity (Wildman–Crippen MR) is 73.9 cm³/mol. The van der Waals surface area contributed by atoms with E-state index in [1.807, 2.05) is 31.4 Å². The molecule has 0 aliphatic rings. The molecule has 2 aromatic rings. The summed E-state index contributed by atoms with van der Waals surface area (Å²) in [7, 11) is 1.99. The van der Waals surface area contributed by atoms with Gasteiger partial charge >= 0.3 is 0 Å². The molecular formula is C13H16N6. The summed E-state index contributed by atoms with van der Waals surface area (Å²) in [6, 6.07) is 7.91. The minimum absolute atomic E-state index is 0.239. The third kappa shape index (κ3) is 3.71. The molecule has 0 aromatic carbocycles. The van der Waals surface area contributed by atoms with Crippen LogP contribution in [0.4, 0.5) is 11.6 Å². The maximum Gasteiger partial charge on any atom is 0.133 e. The Hall–Kier alpha value is -2.55. The van der Waals surface area contributed by atoms with Gasteiger partial charge in [0.1, 0.15) is 24.5 Å². The average molecular weight is 256 g/mol. The summed E-state index contributed by atoms with van der Waals surface area (Å²) < 4.78 is 0. The zero-order chi connectivity index (χ0) is 13.5. The van der Waals surface area contributed by atoms with Gasteiger partial charge in [0.25, 0.3) is 0 Å². The summed E-state index contributed by atoms with van der Waals surface area (Å²) in [6.45, 7) is 1.10. The van der Waals surface area contributed by atoms with E-state index in [9.17, 15) is 0 Å². The lowest BCUT2D eigenvalue weighted by molar-refractivity contribution is 0.841. The van der Waals surface area contributed by atoms with Crippen LogP contribution in [0, 0.1) is 11.3 Å². The van der Waals surface area contributed by atoms with E-state index in [2.05, 4.69) is 31.2 Å². The summed E-state index contributed by atoms with van der Waals surface area (Å²) in [4.78, 5) is 13.5. The highest BCUT2D eigenvalue weighted by Crippen LogP contribution is 2.12. The first-order valence-corrected chi connectivity index (χ1v) is 6.06. The number of hydrogen-bond acceptors (Lipinski definition) is 5. The predicted octanol–water partition coefficient (Wildman–Crippen LogP) is 1.42. The maximum absolute atomic E-state index is 8.53. The molecule has 2 heterocycles. The molecule has 6 nitrogen and oxygen atoms in total. The van der Waals surface area contributed by atoms with Crippen molar-refractivity contribution in [3.8, 4) is 6.07 Å². The number of H-pyrrole nitrogens is 1. The van der Waals surface area contributed by atoms with Gasteiger partial charge in [-0.25, -0.2) is 9.97 Å². The van der Waals surface area contributed by atoms with Gasteiger partial charge in [0.05, 0.1) is 6.07 Å². The summed E-state index contributed by atoms with van der Waals surface area (Å²) in [5.74, 6) is 1.50. The first kappa shape index (κ1) is 12.9. The molecule has 0 spiro atoms. The molecule has 2 aromatic heterocycles. The van der Waals surface area contributed by atoms with Gasteiger partial charge in [-0.05, 0) is 12.1 Å². The minimum atomic E-state index is 0.239. The molecule has 0 saturated heterocycles. The normalized spacial score (nSPS) is 9.89. The average Bonchev–Trinajstić information content (AvgIpc) is 2.96. The third-order valence-electron chi connectivity index (χ3n) is 2.77. The van der Waals surface area contributed by atoms with Crippen LogP contribution >= 0.6 is 0 Å². The quantitative estimate of drug-likeness (QED) is 0.764. The van der Waals surface area contributed by atoms with Gasteiger partial charge in [0.15, 0.2) is 0 Å². The number of nitriles is 1. The van der Waals surface area contributed by atoms with E-state index in [4.69, 9.17) is 5.26 Å². The van der Waals surface area contributed by atoms with Crippen LogP contribution in [0.5, 0.6) is 0 Å². The molecule has 0 bridgehead atoms. The largest absolute Gasteiger partial charge is 0.365 e. The summed E-state index contributed by atoms with van der Waals surface area (Å²) >= 11 is 0. The van der Waals surface area contributed by atoms with Gasteiger partial charge in [0.2, 0.25) is 0 Å². The van der Waals surface area contributed by atoms with Gasteiger partial charge in [-0.2, -0.15) is 5.26 Å². The Kier molecular flexibility index (Phi) is 4.34. The second-order valence-electron chi connectivity index (χ2n) is 4.14. The van der Waals surface area contributed by atoms with E-state index >= 15 is 0 Å². The van der Waals surface area contributed by atoms with Crippen LogP contribution in [0.3, 0.4) is 0 Å². The molecular weight excluding hydrogens is 240 g/mol. The molecule has 0 fully saturated rings. The highest BCUT2D eigenvalue weighted by atomic mass is 15.2. The van der Waals surface area contributed by atoms with E-state index in [0.717, 1.165) is 18.8 Å². The first-order chi connectivity index (χ1) is 9.29. The zero-order valence-corrected chi connectivity index (χ0v) is 10.8. The van der Waals surface area contributed by atoms with Crippen molar-refractivity contribution in [2.24, 2.45) is 0 Å². The fraction of sp³-hybridized carbons (Fsp3) is 0.308. The van der Waals surface area contributed by atoms with Crippen molar-refractivity contribution < 1.29 is 0 Å². The van der Waals surface area contributed by atoms with Crippen LogP contribution in [0.15, 0.2) is 30.7 Å². The monoisotopic (exact) mass is 256 g/mol. The van der Waals surface area contributed by atoms with E-state index < -0.39 is 0 Å². The molecule has 0 amide bonds. The molecule has 0 saturated carbocycles. The lowest BCUT2D eigenvalue weighted by Gasteiger charge is -2.18. The topological polar surface area (TPSA) is 80.6 Å². The fourth-order valence-electron chi connectivity index (χ4n) is 1.71. The molecule has 0 atom stereocenters. The lowest BCUT2D eigenvalue weighted by atomic mass is 10.3. The Balaban J connectivity index is 1.94. The Bertz CT molecular complexity index is 543. The van der Waals surface area contributed by atoms with Crippen molar-refractivity contribution in [1.82, 2.24) is 15.0 Å². The van der Waals surface area contributed by atoms with Crippen molar-refractivity contribution in [1.29, 1.82) is 5.26 Å². The first-order valence-electron chi connectivity index (χ1n) is 6.06. The fourth-order valence-corrected chi connectivity index (χ4v) is 1.71. The number of rotatable bonds is 6. The molecule has 2 rings (SSSR count). The van der Waals surface area contributed by atoms with Crippen molar-refractivity contribution in [2.75, 3.05) is 30.4 Å². The number of aromatic amines is 1. The van der Waals surface area contributed by atoms with Crippen LogP contribution in [0.25, 0.3) is 0 Å². The second kappa shape index (κ2) is 6.40. The van der Waals surface area contributed by atoms with E-state index in [1.54, 1.807) is 0 Å². The van der Waals surface area contributed by atoms with Crippen molar-refractivity contribution in [3.05, 3.63) is 36.4 Å². The highest BCUT2D eigenvalue weighted by molar-refractivity contribution is 5.48. The smallest absolute Gasteiger partial charge is 0.133 e. The molecule has 0 radical (unpaired) electrons. The molecule has 0 aliphatic carbocycles. The van der Waals surface area contributed by atoms with E-state index in [1.165, 1.54) is 12.0 Å².